The lowest BCUT2D eigenvalue weighted by atomic mass is 9.83. The summed E-state index contributed by atoms with van der Waals surface area (Å²) in [5.74, 6) is -4.32. The first-order valence-electron chi connectivity index (χ1n) is 9.60. The molecule has 1 amide bonds. The van der Waals surface area contributed by atoms with Crippen molar-refractivity contribution >= 4 is 5.91 Å². The van der Waals surface area contributed by atoms with Crippen LogP contribution < -0.4 is 9.88 Å². The number of carbonyl (C=O) groups is 1. The van der Waals surface area contributed by atoms with Crippen LogP contribution >= 0.6 is 0 Å². The average molecular weight is 448 g/mol. The Morgan fingerprint density at radius 2 is 2.06 bits per heavy atom. The third-order valence-electron chi connectivity index (χ3n) is 5.60. The van der Waals surface area contributed by atoms with Crippen molar-refractivity contribution < 1.29 is 36.4 Å². The Kier molecular flexibility index (Phi) is 5.80. The predicted octanol–water partition coefficient (Wildman–Crippen LogP) is 2.20. The number of rotatable bonds is 5. The summed E-state index contributed by atoms with van der Waals surface area (Å²) in [6.07, 6.45) is -0.593. The van der Waals surface area contributed by atoms with Crippen LogP contribution in [-0.4, -0.2) is 44.6 Å². The van der Waals surface area contributed by atoms with Crippen LogP contribution in [0.5, 0.6) is 0 Å². The molecule has 1 aliphatic carbocycles. The van der Waals surface area contributed by atoms with Gasteiger partial charge in [0.25, 0.3) is 11.8 Å². The van der Waals surface area contributed by atoms with Gasteiger partial charge in [-0.05, 0) is 26.7 Å². The Morgan fingerprint density at radius 3 is 2.65 bits per heavy atom. The molecule has 1 unspecified atom stereocenters. The van der Waals surface area contributed by atoms with Gasteiger partial charge in [0.1, 0.15) is 12.7 Å². The Bertz CT molecular complexity index is 987. The zero-order valence-corrected chi connectivity index (χ0v) is 17.2. The van der Waals surface area contributed by atoms with E-state index in [9.17, 15) is 31.9 Å². The molecule has 170 valence electrons. The molecule has 0 aromatic carbocycles. The van der Waals surface area contributed by atoms with Crippen molar-refractivity contribution in [2.24, 2.45) is 12.5 Å². The van der Waals surface area contributed by atoms with Gasteiger partial charge in [-0.25, -0.2) is 14.2 Å². The number of aliphatic hydroxyl groups excluding tert-OH is 1. The van der Waals surface area contributed by atoms with E-state index in [1.165, 1.54) is 12.4 Å². The fraction of sp³-hybridized carbons (Fsp3) is 0.579. The second-order valence-corrected chi connectivity index (χ2v) is 8.15. The molecule has 7 nitrogen and oxygen atoms in total. The zero-order valence-electron chi connectivity index (χ0n) is 17.2. The highest BCUT2D eigenvalue weighted by atomic mass is 19.4. The van der Waals surface area contributed by atoms with Gasteiger partial charge in [0.05, 0.1) is 24.3 Å². The summed E-state index contributed by atoms with van der Waals surface area (Å²) in [6, 6.07) is -1.70. The number of halogens is 5. The topological polar surface area (TPSA) is 83.9 Å². The van der Waals surface area contributed by atoms with Crippen LogP contribution in [0.25, 0.3) is 5.82 Å². The van der Waals surface area contributed by atoms with E-state index in [1.54, 1.807) is 17.8 Å². The number of aromatic nitrogens is 4. The first kappa shape index (κ1) is 23.0. The molecule has 2 aromatic rings. The highest BCUT2D eigenvalue weighted by Crippen LogP contribution is 2.43. The molecule has 3 rings (SSSR count). The first-order valence-corrected chi connectivity index (χ1v) is 9.60. The number of nitrogens with zero attached hydrogens (tertiary/aromatic N) is 4. The molecule has 0 saturated heterocycles. The van der Waals surface area contributed by atoms with Gasteiger partial charge in [-0.1, -0.05) is 0 Å². The van der Waals surface area contributed by atoms with E-state index in [2.05, 4.69) is 15.4 Å². The number of aryl methyl sites for hydroxylation is 1. The molecule has 31 heavy (non-hydrogen) atoms. The van der Waals surface area contributed by atoms with E-state index >= 15 is 0 Å². The summed E-state index contributed by atoms with van der Waals surface area (Å²) in [7, 11) is 1.65. The van der Waals surface area contributed by atoms with Crippen LogP contribution in [-0.2, 0) is 19.4 Å². The maximum atomic E-state index is 14.8. The lowest BCUT2D eigenvalue weighted by Crippen LogP contribution is -2.54. The molecule has 1 atom stereocenters. The van der Waals surface area contributed by atoms with Gasteiger partial charge in [-0.2, -0.15) is 27.1 Å². The van der Waals surface area contributed by atoms with Gasteiger partial charge in [0.15, 0.2) is 11.9 Å². The van der Waals surface area contributed by atoms with Crippen LogP contribution in [0.15, 0.2) is 18.6 Å². The number of nitrogens with one attached hydrogen (secondary N) is 1. The Labute approximate surface area is 174 Å². The molecule has 2 heterocycles. The van der Waals surface area contributed by atoms with Crippen molar-refractivity contribution in [2.75, 3.05) is 6.61 Å². The third-order valence-corrected chi connectivity index (χ3v) is 5.60. The number of alkyl halides is 5. The minimum absolute atomic E-state index is 0.0382. The van der Waals surface area contributed by atoms with Gasteiger partial charge >= 0.3 is 6.18 Å². The molecule has 0 saturated carbocycles. The minimum Gasteiger partial charge on any atom is -0.394 e. The summed E-state index contributed by atoms with van der Waals surface area (Å²) >= 11 is 0. The highest BCUT2D eigenvalue weighted by Gasteiger charge is 2.53. The van der Waals surface area contributed by atoms with Crippen molar-refractivity contribution in [1.82, 2.24) is 20.1 Å². The number of carbonyl (C=O) groups excluding carboxylic acids is 1. The van der Waals surface area contributed by atoms with Gasteiger partial charge < -0.3 is 10.4 Å². The first-order chi connectivity index (χ1) is 14.3. The maximum Gasteiger partial charge on any atom is 0.396 e. The minimum atomic E-state index is -4.72. The number of hydrogen-bond donors (Lipinski definition) is 2. The smallest absolute Gasteiger partial charge is 0.394 e. The number of fused-ring (bicyclic) bond motifs is 1. The van der Waals surface area contributed by atoms with Crippen LogP contribution in [0.4, 0.5) is 22.0 Å². The van der Waals surface area contributed by atoms with E-state index < -0.39 is 53.9 Å². The fourth-order valence-corrected chi connectivity index (χ4v) is 3.48. The molecule has 0 aliphatic heterocycles. The monoisotopic (exact) mass is 448 g/mol. The fourth-order valence-electron chi connectivity index (χ4n) is 3.48. The predicted molar refractivity (Wildman–Crippen MR) is 97.5 cm³/mol. The second kappa shape index (κ2) is 7.81. The van der Waals surface area contributed by atoms with E-state index in [1.807, 2.05) is 0 Å². The molecular formula is C19H23F5N5O2+. The lowest BCUT2D eigenvalue weighted by molar-refractivity contribution is -0.671. The summed E-state index contributed by atoms with van der Waals surface area (Å²) in [6.45, 7) is 0.682. The highest BCUT2D eigenvalue weighted by molar-refractivity contribution is 5.94. The molecule has 0 spiro atoms. The largest absolute Gasteiger partial charge is 0.396 e. The second-order valence-electron chi connectivity index (χ2n) is 8.15. The number of hydrogen-bond acceptors (Lipinski definition) is 4. The zero-order chi connectivity index (χ0) is 23.2. The molecule has 2 N–H and O–H groups in total. The lowest BCUT2D eigenvalue weighted by Gasteiger charge is -2.35. The molecule has 12 heteroatoms. The summed E-state index contributed by atoms with van der Waals surface area (Å²) in [5, 5.41) is 15.6. The van der Waals surface area contributed by atoms with Crippen molar-refractivity contribution in [1.29, 1.82) is 0 Å². The van der Waals surface area contributed by atoms with Crippen LogP contribution in [0.1, 0.15) is 48.4 Å². The van der Waals surface area contributed by atoms with Crippen LogP contribution in [0.3, 0.4) is 0 Å². The van der Waals surface area contributed by atoms with Gasteiger partial charge in [-0.15, -0.1) is 0 Å². The van der Waals surface area contributed by atoms with Crippen molar-refractivity contribution in [3.05, 3.63) is 35.5 Å². The third kappa shape index (κ3) is 4.12. The number of aliphatic hydroxyl groups is 1. The normalized spacial score (nSPS) is 17.2. The van der Waals surface area contributed by atoms with E-state index in [0.717, 1.165) is 18.5 Å². The summed E-state index contributed by atoms with van der Waals surface area (Å²) in [4.78, 5) is 16.9. The summed E-state index contributed by atoms with van der Waals surface area (Å²) in [5.41, 5.74) is -3.40. The van der Waals surface area contributed by atoms with Gasteiger partial charge in [0.2, 0.25) is 12.0 Å². The Morgan fingerprint density at radius 1 is 1.39 bits per heavy atom. The van der Waals surface area contributed by atoms with Crippen molar-refractivity contribution in [3.63, 3.8) is 0 Å². The van der Waals surface area contributed by atoms with E-state index in [0.29, 0.717) is 0 Å². The van der Waals surface area contributed by atoms with Crippen LogP contribution in [0.2, 0.25) is 0 Å². The Hall–Kier alpha value is -2.63. The molecule has 0 bridgehead atoms. The molecular weight excluding hydrogens is 425 g/mol. The van der Waals surface area contributed by atoms with E-state index in [4.69, 9.17) is 0 Å². The number of amides is 1. The summed E-state index contributed by atoms with van der Waals surface area (Å²) < 4.78 is 72.1. The van der Waals surface area contributed by atoms with Crippen molar-refractivity contribution in [2.45, 2.75) is 51.3 Å². The quantitative estimate of drug-likeness (QED) is 0.543. The Balaban J connectivity index is 2.07. The average Bonchev–Trinajstić information content (AvgIpc) is 3.06. The standard InChI is InChI=1S/C19H22F5N5O2/c1-17(2,19(22,23)24)12(10-30)26-16(31)14-11-5-4-6-18(20,21)15(11)29(27-14)13-9-28(3)8-7-25-13/h7-9,12,30H,4-6,10H2,1-3H3/p+1. The molecule has 2 aromatic heterocycles. The maximum absolute atomic E-state index is 14.8. The molecule has 0 fully saturated rings. The SMILES string of the molecule is C[n+]1ccnc(-n2nc(C(=O)NC(CO)C(C)(C)C(F)(F)F)c3c2C(F)(F)CCC3)c1. The molecule has 1 aliphatic rings. The molecule has 0 radical (unpaired) electrons. The van der Waals surface area contributed by atoms with Gasteiger partial charge in [0, 0.05) is 12.0 Å². The van der Waals surface area contributed by atoms with Gasteiger partial charge in [-0.3, -0.25) is 4.79 Å². The van der Waals surface area contributed by atoms with E-state index in [-0.39, 0.29) is 24.2 Å². The van der Waals surface area contributed by atoms with Crippen molar-refractivity contribution in [3.8, 4) is 5.82 Å². The van der Waals surface area contributed by atoms with Crippen LogP contribution in [0, 0.1) is 5.41 Å².